The Kier molecular flexibility index (Phi) is 0.920. The van der Waals surface area contributed by atoms with Crippen LogP contribution in [0.4, 0.5) is 0 Å². The van der Waals surface area contributed by atoms with Crippen LogP contribution >= 0.6 is 0 Å². The number of carbonyl (C=O) groups excluding carboxylic acids is 1. The van der Waals surface area contributed by atoms with Crippen molar-refractivity contribution in [2.45, 2.75) is 0 Å². The Hall–Kier alpha value is -0.308. The van der Waals surface area contributed by atoms with E-state index in [0.29, 0.717) is 0 Å². The molecule has 0 aromatic rings. The first-order valence-electron chi connectivity index (χ1n) is 1.77. The molecule has 1 aliphatic heterocycles. The van der Waals surface area contributed by atoms with Crippen LogP contribution in [0.5, 0.6) is 0 Å². The molecule has 28 valence electrons. The Bertz CT molecular complexity index is 123. The molecule has 0 atom stereocenters. The second-order valence-corrected chi connectivity index (χ2v) is 3.05. The summed E-state index contributed by atoms with van der Waals surface area (Å²) in [5.74, 6) is 2.94. The summed E-state index contributed by atoms with van der Waals surface area (Å²) < 4.78 is 0. The minimum atomic E-state index is -0.674. The third-order valence-electron chi connectivity index (χ3n) is 0.713. The third kappa shape index (κ3) is 0.452. The van der Waals surface area contributed by atoms with Gasteiger partial charge in [0, 0.05) is 0 Å². The van der Waals surface area contributed by atoms with E-state index in [4.69, 9.17) is 0 Å². The zero-order valence-electron chi connectivity index (χ0n) is 3.22. The van der Waals surface area contributed by atoms with Gasteiger partial charge in [-0.1, -0.05) is 0 Å². The summed E-state index contributed by atoms with van der Waals surface area (Å²) in [6.45, 7) is 1.96. The van der Waals surface area contributed by atoms with E-state index in [0.717, 1.165) is 5.91 Å². The number of carbonyl (C=O) groups is 1. The molecule has 0 saturated carbocycles. The number of hydrogen-bond acceptors (Lipinski definition) is 1. The monoisotopic (exact) mass is 94.0 g/mol. The Morgan fingerprint density at radius 1 is 1.83 bits per heavy atom. The SMILES string of the molecule is O=C[Si]1=BC=C1. The van der Waals surface area contributed by atoms with Crippen LogP contribution in [0.1, 0.15) is 0 Å². The molecule has 0 radical (unpaired) electrons. The Labute approximate surface area is 38.1 Å². The molecular formula is C3H3BOSi. The van der Waals surface area contributed by atoms with Crippen LogP contribution < -0.4 is 0 Å². The molecular weight excluding hydrogens is 90.9 g/mol. The van der Waals surface area contributed by atoms with Crippen LogP contribution in [0.3, 0.4) is 0 Å². The zero-order valence-corrected chi connectivity index (χ0v) is 4.22. The van der Waals surface area contributed by atoms with Crippen LogP contribution in [0, 0.1) is 0 Å². The van der Waals surface area contributed by atoms with Gasteiger partial charge in [0.1, 0.15) is 0 Å². The van der Waals surface area contributed by atoms with Gasteiger partial charge in [-0.15, -0.1) is 0 Å². The molecule has 0 spiro atoms. The van der Waals surface area contributed by atoms with Gasteiger partial charge in [-0.25, -0.2) is 0 Å². The quantitative estimate of drug-likeness (QED) is 0.317. The summed E-state index contributed by atoms with van der Waals surface area (Å²) in [4.78, 5) is 9.75. The van der Waals surface area contributed by atoms with Crippen molar-refractivity contribution in [2.24, 2.45) is 0 Å². The zero-order chi connectivity index (χ0) is 4.41. The molecule has 0 aromatic carbocycles. The van der Waals surface area contributed by atoms with Crippen molar-refractivity contribution in [1.29, 1.82) is 0 Å². The van der Waals surface area contributed by atoms with Crippen molar-refractivity contribution >= 4 is 20.7 Å². The van der Waals surface area contributed by atoms with E-state index in [9.17, 15) is 4.79 Å². The van der Waals surface area contributed by atoms with E-state index >= 15 is 0 Å². The average Bonchev–Trinajstić information content (AvgIpc) is 1.31. The van der Waals surface area contributed by atoms with Crippen molar-refractivity contribution in [3.8, 4) is 0 Å². The predicted molar refractivity (Wildman–Crippen MR) is 27.4 cm³/mol. The summed E-state index contributed by atoms with van der Waals surface area (Å²) in [7, 11) is -0.674. The number of hydrogen-bond donors (Lipinski definition) is 0. The van der Waals surface area contributed by atoms with Gasteiger partial charge in [0.2, 0.25) is 0 Å². The van der Waals surface area contributed by atoms with Crippen LogP contribution in [0.25, 0.3) is 0 Å². The molecule has 0 bridgehead atoms. The average molecular weight is 94.0 g/mol. The molecule has 0 aliphatic carbocycles. The molecule has 6 heavy (non-hydrogen) atoms. The van der Waals surface area contributed by atoms with E-state index < -0.39 is 8.27 Å². The first-order chi connectivity index (χ1) is 2.93. The topological polar surface area (TPSA) is 17.1 Å². The second-order valence-electron chi connectivity index (χ2n) is 1.14. The van der Waals surface area contributed by atoms with Gasteiger partial charge in [0.15, 0.2) is 0 Å². The van der Waals surface area contributed by atoms with Crippen LogP contribution in [-0.2, 0) is 4.79 Å². The van der Waals surface area contributed by atoms with Gasteiger partial charge >= 0.3 is 37.1 Å². The van der Waals surface area contributed by atoms with E-state index in [-0.39, 0.29) is 0 Å². The van der Waals surface area contributed by atoms with Crippen molar-refractivity contribution in [1.82, 2.24) is 0 Å². The summed E-state index contributed by atoms with van der Waals surface area (Å²) >= 11 is 0. The molecule has 0 aromatic heterocycles. The second kappa shape index (κ2) is 1.43. The van der Waals surface area contributed by atoms with Gasteiger partial charge in [-0.05, 0) is 0 Å². The maximum atomic E-state index is 9.75. The van der Waals surface area contributed by atoms with E-state index in [1.807, 2.05) is 18.2 Å². The Morgan fingerprint density at radius 2 is 2.50 bits per heavy atom. The van der Waals surface area contributed by atoms with E-state index in [1.165, 1.54) is 0 Å². The molecule has 0 fully saturated rings. The summed E-state index contributed by atoms with van der Waals surface area (Å²) in [6.07, 6.45) is 0. The van der Waals surface area contributed by atoms with Crippen molar-refractivity contribution in [3.63, 3.8) is 0 Å². The fourth-order valence-electron chi connectivity index (χ4n) is 0.286. The van der Waals surface area contributed by atoms with Gasteiger partial charge in [-0.2, -0.15) is 0 Å². The fourth-order valence-corrected chi connectivity index (χ4v) is 0.858. The first kappa shape index (κ1) is 3.87. The van der Waals surface area contributed by atoms with Gasteiger partial charge in [0.05, 0.1) is 0 Å². The molecule has 1 nitrogen and oxygen atoms in total. The van der Waals surface area contributed by atoms with E-state index in [2.05, 4.69) is 0 Å². The van der Waals surface area contributed by atoms with Crippen molar-refractivity contribution < 1.29 is 4.79 Å². The molecule has 3 heteroatoms. The van der Waals surface area contributed by atoms with Crippen LogP contribution in [0.15, 0.2) is 11.7 Å². The molecule has 1 rings (SSSR count). The fraction of sp³-hybridized carbons (Fsp3) is 0. The summed E-state index contributed by atoms with van der Waals surface area (Å²) in [6, 6.07) is 0. The van der Waals surface area contributed by atoms with Gasteiger partial charge in [0.25, 0.3) is 0 Å². The minimum absolute atomic E-state index is 0.674. The summed E-state index contributed by atoms with van der Waals surface area (Å²) in [5.41, 5.74) is 1.96. The van der Waals surface area contributed by atoms with Gasteiger partial charge in [-0.3, -0.25) is 0 Å². The van der Waals surface area contributed by atoms with Crippen LogP contribution in [-0.4, -0.2) is 20.7 Å². The molecule has 1 aliphatic rings. The number of rotatable bonds is 1. The molecule has 0 N–H and O–H groups in total. The summed E-state index contributed by atoms with van der Waals surface area (Å²) in [5, 5.41) is 0. The maximum absolute atomic E-state index is 9.75. The third-order valence-corrected chi connectivity index (χ3v) is 2.14. The molecule has 0 saturated heterocycles. The normalized spacial score (nSPS) is 14.3. The first-order valence-corrected chi connectivity index (χ1v) is 3.50. The standard InChI is InChI=1S/C3H3BOSi/c5-3-6-2-1-4-6/h1-3H. The molecule has 0 amide bonds. The van der Waals surface area contributed by atoms with Crippen molar-refractivity contribution in [2.75, 3.05) is 0 Å². The Balaban J connectivity index is 2.57. The van der Waals surface area contributed by atoms with Crippen LogP contribution in [0.2, 0.25) is 0 Å². The van der Waals surface area contributed by atoms with Gasteiger partial charge < -0.3 is 0 Å². The molecule has 0 unspecified atom stereocenters. The van der Waals surface area contributed by atoms with Crippen molar-refractivity contribution in [3.05, 3.63) is 11.7 Å². The predicted octanol–water partition coefficient (Wildman–Crippen LogP) is -0.480. The Morgan fingerprint density at radius 3 is 2.50 bits per heavy atom. The van der Waals surface area contributed by atoms with E-state index in [1.54, 1.807) is 0 Å². The molecule has 1 heterocycles.